The van der Waals surface area contributed by atoms with E-state index < -0.39 is 0 Å². The third-order valence-corrected chi connectivity index (χ3v) is 5.72. The van der Waals surface area contributed by atoms with Crippen molar-refractivity contribution < 1.29 is 0 Å². The molecule has 2 aliphatic heterocycles. The standard InChI is InChI=1S/C20H25N3/c1-2-20-11-6-12-23(21)19(20)14-17-13-16(9-10-18(17)22-20)15-7-4-3-5-8-15/h3-5,7-10,13,19,22H,2,6,11-12,14,21H2,1H3. The van der Waals surface area contributed by atoms with Gasteiger partial charge in [0.2, 0.25) is 0 Å². The number of benzene rings is 2. The van der Waals surface area contributed by atoms with E-state index >= 15 is 0 Å². The minimum absolute atomic E-state index is 0.133. The van der Waals surface area contributed by atoms with Crippen molar-refractivity contribution in [2.75, 3.05) is 11.9 Å². The fourth-order valence-electron chi connectivity index (χ4n) is 4.35. The molecule has 2 aromatic carbocycles. The number of nitrogens with two attached hydrogens (primary N) is 1. The van der Waals surface area contributed by atoms with Crippen LogP contribution in [0.15, 0.2) is 48.5 Å². The van der Waals surface area contributed by atoms with E-state index in [0.717, 1.165) is 19.4 Å². The summed E-state index contributed by atoms with van der Waals surface area (Å²) in [6.07, 6.45) is 4.53. The smallest absolute Gasteiger partial charge is 0.0543 e. The Labute approximate surface area is 138 Å². The molecule has 0 aliphatic carbocycles. The average molecular weight is 307 g/mol. The average Bonchev–Trinajstić information content (AvgIpc) is 2.61. The summed E-state index contributed by atoms with van der Waals surface area (Å²) < 4.78 is 0. The number of nitrogens with one attached hydrogen (secondary N) is 1. The van der Waals surface area contributed by atoms with Gasteiger partial charge in [0.1, 0.15) is 0 Å². The van der Waals surface area contributed by atoms with Gasteiger partial charge in [0.15, 0.2) is 0 Å². The predicted molar refractivity (Wildman–Crippen MR) is 96.1 cm³/mol. The maximum atomic E-state index is 6.35. The van der Waals surface area contributed by atoms with E-state index in [1.54, 1.807) is 0 Å². The molecule has 3 nitrogen and oxygen atoms in total. The number of hydrazine groups is 1. The number of fused-ring (bicyclic) bond motifs is 2. The van der Waals surface area contributed by atoms with Gasteiger partial charge in [0.25, 0.3) is 0 Å². The Kier molecular flexibility index (Phi) is 3.63. The molecule has 2 aromatic rings. The Balaban J connectivity index is 1.73. The van der Waals surface area contributed by atoms with Gasteiger partial charge in [-0.15, -0.1) is 0 Å². The lowest BCUT2D eigenvalue weighted by atomic mass is 9.73. The van der Waals surface area contributed by atoms with Gasteiger partial charge in [-0.3, -0.25) is 5.84 Å². The summed E-state index contributed by atoms with van der Waals surface area (Å²) in [6, 6.07) is 17.8. The highest BCUT2D eigenvalue weighted by Crippen LogP contribution is 2.41. The fraction of sp³-hybridized carbons (Fsp3) is 0.400. The van der Waals surface area contributed by atoms with Crippen LogP contribution >= 0.6 is 0 Å². The van der Waals surface area contributed by atoms with Crippen molar-refractivity contribution in [1.29, 1.82) is 0 Å². The SMILES string of the molecule is CCC12CCCN(N)C1Cc1cc(-c3ccccc3)ccc1N2. The first-order chi connectivity index (χ1) is 11.2. The first kappa shape index (κ1) is 14.7. The maximum Gasteiger partial charge on any atom is 0.0543 e. The van der Waals surface area contributed by atoms with E-state index in [4.69, 9.17) is 5.84 Å². The highest BCUT2D eigenvalue weighted by atomic mass is 15.4. The molecular weight excluding hydrogens is 282 g/mol. The molecule has 2 atom stereocenters. The van der Waals surface area contributed by atoms with Gasteiger partial charge in [-0.25, -0.2) is 5.01 Å². The summed E-state index contributed by atoms with van der Waals surface area (Å²) in [5.74, 6) is 6.35. The largest absolute Gasteiger partial charge is 0.378 e. The summed E-state index contributed by atoms with van der Waals surface area (Å²) in [7, 11) is 0. The molecule has 2 aliphatic rings. The molecule has 0 bridgehead atoms. The quantitative estimate of drug-likeness (QED) is 0.829. The molecule has 2 heterocycles. The maximum absolute atomic E-state index is 6.35. The van der Waals surface area contributed by atoms with Gasteiger partial charge in [-0.2, -0.15) is 0 Å². The number of anilines is 1. The summed E-state index contributed by atoms with van der Waals surface area (Å²) in [6.45, 7) is 3.28. The summed E-state index contributed by atoms with van der Waals surface area (Å²) >= 11 is 0. The van der Waals surface area contributed by atoms with Crippen LogP contribution in [0.4, 0.5) is 5.69 Å². The number of hydrogen-bond acceptors (Lipinski definition) is 3. The van der Waals surface area contributed by atoms with Crippen molar-refractivity contribution in [3.05, 3.63) is 54.1 Å². The lowest BCUT2D eigenvalue weighted by Gasteiger charge is -2.52. The van der Waals surface area contributed by atoms with Crippen LogP contribution in [0.25, 0.3) is 11.1 Å². The molecular formula is C20H25N3. The van der Waals surface area contributed by atoms with E-state index in [9.17, 15) is 0 Å². The van der Waals surface area contributed by atoms with Crippen LogP contribution in [0.3, 0.4) is 0 Å². The molecule has 2 unspecified atom stereocenters. The van der Waals surface area contributed by atoms with Crippen LogP contribution in [0, 0.1) is 0 Å². The Morgan fingerprint density at radius 3 is 2.78 bits per heavy atom. The number of rotatable bonds is 2. The summed E-state index contributed by atoms with van der Waals surface area (Å²) in [5.41, 5.74) is 5.37. The monoisotopic (exact) mass is 307 g/mol. The Morgan fingerprint density at radius 1 is 1.17 bits per heavy atom. The lowest BCUT2D eigenvalue weighted by molar-refractivity contribution is 0.0750. The van der Waals surface area contributed by atoms with Gasteiger partial charge in [0, 0.05) is 12.2 Å². The molecule has 0 saturated carbocycles. The normalized spacial score (nSPS) is 27.0. The van der Waals surface area contributed by atoms with Gasteiger partial charge >= 0.3 is 0 Å². The molecule has 1 fully saturated rings. The van der Waals surface area contributed by atoms with Gasteiger partial charge in [-0.05, 0) is 54.5 Å². The molecule has 0 spiro atoms. The van der Waals surface area contributed by atoms with Crippen molar-refractivity contribution >= 4 is 5.69 Å². The Bertz CT molecular complexity index is 697. The number of piperidine rings is 1. The third-order valence-electron chi connectivity index (χ3n) is 5.72. The molecule has 0 aromatic heterocycles. The second-order valence-electron chi connectivity index (χ2n) is 6.93. The van der Waals surface area contributed by atoms with Gasteiger partial charge in [-0.1, -0.05) is 43.3 Å². The lowest BCUT2D eigenvalue weighted by Crippen LogP contribution is -2.65. The van der Waals surface area contributed by atoms with Crippen molar-refractivity contribution in [2.45, 2.75) is 44.2 Å². The second-order valence-corrected chi connectivity index (χ2v) is 6.93. The first-order valence-electron chi connectivity index (χ1n) is 8.70. The number of nitrogens with zero attached hydrogens (tertiary/aromatic N) is 1. The van der Waals surface area contributed by atoms with Crippen molar-refractivity contribution in [3.8, 4) is 11.1 Å². The van der Waals surface area contributed by atoms with E-state index in [2.05, 4.69) is 65.8 Å². The second kappa shape index (κ2) is 5.66. The summed E-state index contributed by atoms with van der Waals surface area (Å²) in [4.78, 5) is 0. The summed E-state index contributed by atoms with van der Waals surface area (Å²) in [5, 5.41) is 5.92. The molecule has 120 valence electrons. The van der Waals surface area contributed by atoms with Gasteiger partial charge in [0.05, 0.1) is 11.6 Å². The molecule has 1 saturated heterocycles. The zero-order chi connectivity index (χ0) is 15.9. The zero-order valence-corrected chi connectivity index (χ0v) is 13.8. The van der Waals surface area contributed by atoms with Crippen molar-refractivity contribution in [1.82, 2.24) is 5.01 Å². The van der Waals surface area contributed by atoms with Crippen LogP contribution in [0.5, 0.6) is 0 Å². The topological polar surface area (TPSA) is 41.3 Å². The van der Waals surface area contributed by atoms with Crippen LogP contribution < -0.4 is 11.2 Å². The first-order valence-corrected chi connectivity index (χ1v) is 8.70. The van der Waals surface area contributed by atoms with Crippen LogP contribution in [0.2, 0.25) is 0 Å². The molecule has 0 radical (unpaired) electrons. The molecule has 3 N–H and O–H groups in total. The number of hydrogen-bond donors (Lipinski definition) is 2. The minimum atomic E-state index is 0.133. The minimum Gasteiger partial charge on any atom is -0.378 e. The van der Waals surface area contributed by atoms with Crippen molar-refractivity contribution in [2.24, 2.45) is 5.84 Å². The van der Waals surface area contributed by atoms with E-state index in [1.807, 2.05) is 0 Å². The molecule has 23 heavy (non-hydrogen) atoms. The molecule has 3 heteroatoms. The Morgan fingerprint density at radius 2 is 2.00 bits per heavy atom. The van der Waals surface area contributed by atoms with Gasteiger partial charge < -0.3 is 5.32 Å². The van der Waals surface area contributed by atoms with E-state index in [1.165, 1.54) is 35.2 Å². The van der Waals surface area contributed by atoms with E-state index in [0.29, 0.717) is 6.04 Å². The molecule has 0 amide bonds. The van der Waals surface area contributed by atoms with E-state index in [-0.39, 0.29) is 5.54 Å². The Hall–Kier alpha value is -1.84. The zero-order valence-electron chi connectivity index (χ0n) is 13.8. The van der Waals surface area contributed by atoms with Crippen molar-refractivity contribution in [3.63, 3.8) is 0 Å². The fourth-order valence-corrected chi connectivity index (χ4v) is 4.35. The highest BCUT2D eigenvalue weighted by molar-refractivity contribution is 5.70. The van der Waals surface area contributed by atoms with Crippen LogP contribution in [0.1, 0.15) is 31.7 Å². The third kappa shape index (κ3) is 2.44. The van der Waals surface area contributed by atoms with Crippen LogP contribution in [-0.4, -0.2) is 23.1 Å². The van der Waals surface area contributed by atoms with Crippen LogP contribution in [-0.2, 0) is 6.42 Å². The molecule has 4 rings (SSSR count). The predicted octanol–water partition coefficient (Wildman–Crippen LogP) is 3.81. The highest BCUT2D eigenvalue weighted by Gasteiger charge is 2.45.